The van der Waals surface area contributed by atoms with Crippen LogP contribution in [-0.4, -0.2) is 74.0 Å². The van der Waals surface area contributed by atoms with Crippen molar-refractivity contribution in [3.8, 4) is 0 Å². The summed E-state index contributed by atoms with van der Waals surface area (Å²) in [5.74, 6) is 0. The standard InChI is InChI=1S/C11H21N3O2/c12-10-9-13-2-1-11(10)16-8-5-14-3-6-15-7-4-14/h9-11H,1-8,12H2/p+1. The molecule has 0 spiro atoms. The van der Waals surface area contributed by atoms with E-state index in [4.69, 9.17) is 10.5 Å². The molecule has 2 atom stereocenters. The van der Waals surface area contributed by atoms with E-state index in [1.165, 1.54) is 0 Å². The Labute approximate surface area is 96.6 Å². The van der Waals surface area contributed by atoms with Crippen LogP contribution in [0.1, 0.15) is 6.42 Å². The van der Waals surface area contributed by atoms with Crippen LogP contribution in [0.3, 0.4) is 0 Å². The van der Waals surface area contributed by atoms with Crippen molar-refractivity contribution in [3.63, 3.8) is 0 Å². The molecule has 0 radical (unpaired) electrons. The molecular weight excluding hydrogens is 206 g/mol. The molecule has 0 aromatic rings. The Kier molecular flexibility index (Phi) is 4.71. The van der Waals surface area contributed by atoms with Crippen molar-refractivity contribution in [2.24, 2.45) is 10.7 Å². The Morgan fingerprint density at radius 3 is 3.00 bits per heavy atom. The van der Waals surface area contributed by atoms with Gasteiger partial charge in [-0.05, 0) is 6.42 Å². The van der Waals surface area contributed by atoms with Crippen LogP contribution < -0.4 is 5.73 Å². The molecule has 2 aliphatic heterocycles. The molecule has 0 saturated carbocycles. The van der Waals surface area contributed by atoms with E-state index in [9.17, 15) is 0 Å². The summed E-state index contributed by atoms with van der Waals surface area (Å²) < 4.78 is 10.1. The predicted octanol–water partition coefficient (Wildman–Crippen LogP) is -0.983. The molecule has 2 rings (SSSR count). The molecule has 0 aromatic heterocycles. The fraction of sp³-hybridized carbons (Fsp3) is 0.909. The molecule has 5 heteroatoms. The van der Waals surface area contributed by atoms with E-state index < -0.39 is 0 Å². The molecule has 2 unspecified atom stereocenters. The van der Waals surface area contributed by atoms with E-state index in [2.05, 4.69) is 14.6 Å². The third-order valence-electron chi connectivity index (χ3n) is 3.14. The van der Waals surface area contributed by atoms with Gasteiger partial charge in [0.25, 0.3) is 0 Å². The van der Waals surface area contributed by atoms with Crippen LogP contribution in [-0.2, 0) is 4.74 Å². The van der Waals surface area contributed by atoms with Crippen molar-refractivity contribution in [3.05, 3.63) is 0 Å². The summed E-state index contributed by atoms with van der Waals surface area (Å²) in [5.41, 5.74) is 5.90. The van der Waals surface area contributed by atoms with Gasteiger partial charge in [0.05, 0.1) is 31.8 Å². The SMILES string of the molecule is NC1C=NCCC1OCCN1CC[OH+]CC1. The van der Waals surface area contributed by atoms with Gasteiger partial charge in [-0.1, -0.05) is 0 Å². The maximum Gasteiger partial charge on any atom is 0.157 e. The Bertz CT molecular complexity index is 229. The number of rotatable bonds is 4. The molecule has 2 heterocycles. The maximum atomic E-state index is 5.90. The molecular formula is C11H22N3O2+. The molecule has 3 N–H and O–H groups in total. The first-order valence-corrected chi connectivity index (χ1v) is 6.09. The van der Waals surface area contributed by atoms with Gasteiger partial charge in [0.15, 0.2) is 13.2 Å². The second kappa shape index (κ2) is 6.30. The molecule has 5 nitrogen and oxygen atoms in total. The van der Waals surface area contributed by atoms with E-state index >= 15 is 0 Å². The number of nitrogens with two attached hydrogens (primary N) is 1. The average Bonchev–Trinajstić information content (AvgIpc) is 2.33. The lowest BCUT2D eigenvalue weighted by Gasteiger charge is -2.27. The highest BCUT2D eigenvalue weighted by molar-refractivity contribution is 5.65. The molecule has 0 amide bonds. The molecule has 0 aliphatic carbocycles. The maximum absolute atomic E-state index is 5.90. The molecule has 0 bridgehead atoms. The molecule has 0 aromatic carbocycles. The fourth-order valence-corrected chi connectivity index (χ4v) is 2.09. The summed E-state index contributed by atoms with van der Waals surface area (Å²) >= 11 is 0. The first-order chi connectivity index (χ1) is 7.86. The molecule has 2 aliphatic rings. The summed E-state index contributed by atoms with van der Waals surface area (Å²) in [5, 5.41) is 0. The van der Waals surface area contributed by atoms with Crippen LogP contribution in [0.4, 0.5) is 0 Å². The van der Waals surface area contributed by atoms with E-state index in [1.807, 2.05) is 6.21 Å². The summed E-state index contributed by atoms with van der Waals surface area (Å²) in [6.07, 6.45) is 2.92. The Hall–Kier alpha value is -0.490. The smallest absolute Gasteiger partial charge is 0.157 e. The summed E-state index contributed by atoms with van der Waals surface area (Å²) in [4.78, 5) is 6.55. The largest absolute Gasteiger partial charge is 0.432 e. The quantitative estimate of drug-likeness (QED) is 0.629. The average molecular weight is 228 g/mol. The normalized spacial score (nSPS) is 31.8. The molecule has 16 heavy (non-hydrogen) atoms. The monoisotopic (exact) mass is 228 g/mol. The third kappa shape index (κ3) is 3.52. The van der Waals surface area contributed by atoms with Crippen molar-refractivity contribution in [2.75, 3.05) is 46.0 Å². The molecule has 1 saturated heterocycles. The van der Waals surface area contributed by atoms with Gasteiger partial charge >= 0.3 is 0 Å². The van der Waals surface area contributed by atoms with E-state index in [0.29, 0.717) is 0 Å². The minimum atomic E-state index is -0.0231. The Balaban J connectivity index is 1.61. The van der Waals surface area contributed by atoms with Crippen molar-refractivity contribution in [2.45, 2.75) is 18.6 Å². The van der Waals surface area contributed by atoms with Crippen molar-refractivity contribution >= 4 is 6.21 Å². The van der Waals surface area contributed by atoms with Gasteiger partial charge in [-0.2, -0.15) is 0 Å². The summed E-state index contributed by atoms with van der Waals surface area (Å²) in [7, 11) is 0. The second-order valence-electron chi connectivity index (χ2n) is 4.34. The van der Waals surface area contributed by atoms with Crippen LogP contribution in [0.25, 0.3) is 0 Å². The van der Waals surface area contributed by atoms with Gasteiger partial charge in [-0.25, -0.2) is 0 Å². The lowest BCUT2D eigenvalue weighted by Crippen LogP contribution is -2.44. The zero-order valence-corrected chi connectivity index (χ0v) is 9.72. The van der Waals surface area contributed by atoms with Gasteiger partial charge in [-0.15, -0.1) is 0 Å². The lowest BCUT2D eigenvalue weighted by molar-refractivity contribution is -0.0957. The zero-order chi connectivity index (χ0) is 11.2. The highest BCUT2D eigenvalue weighted by atomic mass is 16.5. The summed E-state index contributed by atoms with van der Waals surface area (Å²) in [6, 6.07) is -0.0231. The van der Waals surface area contributed by atoms with Crippen molar-refractivity contribution in [1.29, 1.82) is 0 Å². The summed E-state index contributed by atoms with van der Waals surface area (Å²) in [6.45, 7) is 6.69. The Morgan fingerprint density at radius 1 is 1.44 bits per heavy atom. The van der Waals surface area contributed by atoms with E-state index in [0.717, 1.165) is 52.4 Å². The number of nitrogens with zero attached hydrogens (tertiary/aromatic N) is 2. The van der Waals surface area contributed by atoms with Crippen molar-refractivity contribution in [1.82, 2.24) is 4.90 Å². The Morgan fingerprint density at radius 2 is 2.25 bits per heavy atom. The second-order valence-corrected chi connectivity index (χ2v) is 4.34. The van der Waals surface area contributed by atoms with Gasteiger partial charge in [0.2, 0.25) is 0 Å². The van der Waals surface area contributed by atoms with Gasteiger partial charge in [-0.3, -0.25) is 9.89 Å². The zero-order valence-electron chi connectivity index (χ0n) is 9.72. The predicted molar refractivity (Wildman–Crippen MR) is 64.1 cm³/mol. The number of ether oxygens (including phenoxy) is 2. The highest BCUT2D eigenvalue weighted by Crippen LogP contribution is 2.07. The van der Waals surface area contributed by atoms with Crippen LogP contribution in [0, 0.1) is 0 Å². The number of hydrogen-bond acceptors (Lipinski definition) is 4. The van der Waals surface area contributed by atoms with Gasteiger partial charge in [0.1, 0.15) is 0 Å². The van der Waals surface area contributed by atoms with Gasteiger partial charge < -0.3 is 15.2 Å². The molecule has 92 valence electrons. The van der Waals surface area contributed by atoms with E-state index in [1.54, 1.807) is 0 Å². The number of hydrogen-bond donors (Lipinski definition) is 1. The highest BCUT2D eigenvalue weighted by Gasteiger charge is 2.20. The van der Waals surface area contributed by atoms with Crippen LogP contribution in [0.2, 0.25) is 0 Å². The van der Waals surface area contributed by atoms with E-state index in [-0.39, 0.29) is 12.1 Å². The lowest BCUT2D eigenvalue weighted by atomic mass is 10.1. The van der Waals surface area contributed by atoms with Gasteiger partial charge in [0, 0.05) is 19.3 Å². The number of aliphatic imine (C=N–C) groups is 1. The molecule has 1 fully saturated rings. The van der Waals surface area contributed by atoms with Crippen LogP contribution in [0.15, 0.2) is 4.99 Å². The minimum absolute atomic E-state index is 0.0231. The van der Waals surface area contributed by atoms with Crippen molar-refractivity contribution < 1.29 is 9.47 Å². The number of morpholine rings is 1. The minimum Gasteiger partial charge on any atom is -0.432 e. The van der Waals surface area contributed by atoms with Crippen LogP contribution >= 0.6 is 0 Å². The topological polar surface area (TPSA) is 63.7 Å². The van der Waals surface area contributed by atoms with Crippen LogP contribution in [0.5, 0.6) is 0 Å². The first-order valence-electron chi connectivity index (χ1n) is 6.09. The first kappa shape index (κ1) is 12.0. The third-order valence-corrected chi connectivity index (χ3v) is 3.14. The number of aliphatic hydroxyl groups is 2. The fourth-order valence-electron chi connectivity index (χ4n) is 2.09.